The Morgan fingerprint density at radius 2 is 2.11 bits per heavy atom. The van der Waals surface area contributed by atoms with Gasteiger partial charge >= 0.3 is 0 Å². The molecule has 0 atom stereocenters. The van der Waals surface area contributed by atoms with E-state index in [1.165, 1.54) is 31.7 Å². The number of hydrogen-bond acceptors (Lipinski definition) is 2. The fourth-order valence-corrected chi connectivity index (χ4v) is 2.73. The fourth-order valence-electron chi connectivity index (χ4n) is 2.73. The van der Waals surface area contributed by atoms with Gasteiger partial charge in [-0.2, -0.15) is 0 Å². The molecule has 100 valence electrons. The maximum absolute atomic E-state index is 13.9. The van der Waals surface area contributed by atoms with E-state index in [9.17, 15) is 4.39 Å². The molecule has 1 aromatic carbocycles. The van der Waals surface area contributed by atoms with E-state index in [0.29, 0.717) is 11.7 Å². The zero-order chi connectivity index (χ0) is 13.2. The summed E-state index contributed by atoms with van der Waals surface area (Å²) >= 11 is 0. The maximum atomic E-state index is 13.9. The molecule has 0 bridgehead atoms. The normalized spacial score (nSPS) is 15.9. The highest BCUT2D eigenvalue weighted by atomic mass is 19.1. The van der Waals surface area contributed by atoms with Gasteiger partial charge in [0.1, 0.15) is 5.82 Å². The van der Waals surface area contributed by atoms with Crippen LogP contribution in [-0.4, -0.2) is 9.55 Å². The van der Waals surface area contributed by atoms with Gasteiger partial charge in [0.15, 0.2) is 0 Å². The van der Waals surface area contributed by atoms with Crippen molar-refractivity contribution in [1.29, 1.82) is 0 Å². The lowest BCUT2D eigenvalue weighted by Crippen LogP contribution is -2.08. The zero-order valence-electron chi connectivity index (χ0n) is 11.1. The Morgan fingerprint density at radius 3 is 2.84 bits per heavy atom. The quantitative estimate of drug-likeness (QED) is 0.895. The predicted octanol–water partition coefficient (Wildman–Crippen LogP) is 4.19. The molecule has 3 rings (SSSR count). The van der Waals surface area contributed by atoms with Crippen molar-refractivity contribution in [3.8, 4) is 0 Å². The summed E-state index contributed by atoms with van der Waals surface area (Å²) in [5, 5.41) is 3.10. The number of halogens is 1. The largest absolute Gasteiger partial charge is 0.323 e. The van der Waals surface area contributed by atoms with Crippen molar-refractivity contribution in [3.63, 3.8) is 0 Å². The smallest absolute Gasteiger partial charge is 0.207 e. The van der Waals surface area contributed by atoms with Gasteiger partial charge in [0.25, 0.3) is 0 Å². The Morgan fingerprint density at radius 1 is 1.32 bits per heavy atom. The molecule has 1 heterocycles. The van der Waals surface area contributed by atoms with Gasteiger partial charge in [-0.1, -0.05) is 18.9 Å². The van der Waals surface area contributed by atoms with E-state index in [1.54, 1.807) is 12.3 Å². The van der Waals surface area contributed by atoms with Crippen LogP contribution in [0, 0.1) is 12.7 Å². The van der Waals surface area contributed by atoms with Crippen molar-refractivity contribution in [2.75, 3.05) is 5.32 Å². The molecule has 1 aliphatic rings. The number of nitrogens with zero attached hydrogens (tertiary/aromatic N) is 2. The van der Waals surface area contributed by atoms with Gasteiger partial charge < -0.3 is 9.88 Å². The molecule has 19 heavy (non-hydrogen) atoms. The second kappa shape index (κ2) is 5.03. The summed E-state index contributed by atoms with van der Waals surface area (Å²) in [5.74, 6) is 0.496. The van der Waals surface area contributed by atoms with E-state index in [0.717, 1.165) is 11.5 Å². The number of rotatable bonds is 3. The number of aromatic nitrogens is 2. The van der Waals surface area contributed by atoms with Gasteiger partial charge in [-0.25, -0.2) is 9.37 Å². The molecule has 2 aromatic rings. The van der Waals surface area contributed by atoms with Crippen LogP contribution in [0.3, 0.4) is 0 Å². The lowest BCUT2D eigenvalue weighted by Gasteiger charge is -2.16. The Hall–Kier alpha value is -1.84. The van der Waals surface area contributed by atoms with Crippen molar-refractivity contribution in [1.82, 2.24) is 9.55 Å². The van der Waals surface area contributed by atoms with E-state index < -0.39 is 0 Å². The monoisotopic (exact) mass is 259 g/mol. The molecule has 1 N–H and O–H groups in total. The van der Waals surface area contributed by atoms with E-state index in [2.05, 4.69) is 14.9 Å². The molecular formula is C15H18FN3. The van der Waals surface area contributed by atoms with Crippen LogP contribution in [0.15, 0.2) is 30.6 Å². The number of aryl methyl sites for hydroxylation is 1. The van der Waals surface area contributed by atoms with Crippen molar-refractivity contribution in [2.45, 2.75) is 38.6 Å². The topological polar surface area (TPSA) is 29.9 Å². The summed E-state index contributed by atoms with van der Waals surface area (Å²) in [6.45, 7) is 1.88. The molecule has 0 aliphatic heterocycles. The first-order chi connectivity index (χ1) is 9.24. The van der Waals surface area contributed by atoms with E-state index >= 15 is 0 Å². The molecule has 1 aromatic heterocycles. The molecule has 1 fully saturated rings. The minimum absolute atomic E-state index is 0.235. The van der Waals surface area contributed by atoms with Gasteiger partial charge in [0.05, 0.1) is 5.69 Å². The number of nitrogens with one attached hydrogen (secondary N) is 1. The first-order valence-corrected chi connectivity index (χ1v) is 6.80. The summed E-state index contributed by atoms with van der Waals surface area (Å²) in [7, 11) is 0. The third-order valence-corrected chi connectivity index (χ3v) is 3.76. The highest BCUT2D eigenvalue weighted by Gasteiger charge is 2.19. The average Bonchev–Trinajstić information content (AvgIpc) is 3.03. The van der Waals surface area contributed by atoms with Crippen LogP contribution < -0.4 is 5.32 Å². The third kappa shape index (κ3) is 2.48. The Kier molecular flexibility index (Phi) is 3.23. The second-order valence-corrected chi connectivity index (χ2v) is 5.20. The van der Waals surface area contributed by atoms with Crippen LogP contribution in [0.25, 0.3) is 0 Å². The van der Waals surface area contributed by atoms with Crippen molar-refractivity contribution in [3.05, 3.63) is 42.0 Å². The van der Waals surface area contributed by atoms with Crippen molar-refractivity contribution >= 4 is 11.6 Å². The van der Waals surface area contributed by atoms with Crippen molar-refractivity contribution < 1.29 is 4.39 Å². The lowest BCUT2D eigenvalue weighted by molar-refractivity contribution is 0.524. The number of imidazole rings is 1. The van der Waals surface area contributed by atoms with E-state index in [-0.39, 0.29) is 5.82 Å². The number of hydrogen-bond donors (Lipinski definition) is 1. The highest BCUT2D eigenvalue weighted by Crippen LogP contribution is 2.32. The molecule has 0 amide bonds. The van der Waals surface area contributed by atoms with Gasteiger partial charge in [0, 0.05) is 18.4 Å². The van der Waals surface area contributed by atoms with E-state index in [1.807, 2.05) is 19.2 Å². The van der Waals surface area contributed by atoms with Crippen LogP contribution >= 0.6 is 0 Å². The maximum Gasteiger partial charge on any atom is 0.207 e. The Labute approximate surface area is 112 Å². The summed E-state index contributed by atoms with van der Waals surface area (Å²) in [6.07, 6.45) is 8.64. The Balaban J connectivity index is 1.85. The highest BCUT2D eigenvalue weighted by molar-refractivity contribution is 5.55. The van der Waals surface area contributed by atoms with Crippen LogP contribution in [-0.2, 0) is 0 Å². The number of benzene rings is 1. The third-order valence-electron chi connectivity index (χ3n) is 3.76. The summed E-state index contributed by atoms with van der Waals surface area (Å²) in [4.78, 5) is 4.30. The van der Waals surface area contributed by atoms with Crippen LogP contribution in [0.5, 0.6) is 0 Å². The molecule has 0 radical (unpaired) electrons. The summed E-state index contributed by atoms with van der Waals surface area (Å²) < 4.78 is 16.0. The second-order valence-electron chi connectivity index (χ2n) is 5.20. The van der Waals surface area contributed by atoms with Gasteiger partial charge in [-0.15, -0.1) is 0 Å². The van der Waals surface area contributed by atoms with Crippen molar-refractivity contribution in [2.24, 2.45) is 0 Å². The molecule has 4 heteroatoms. The van der Waals surface area contributed by atoms with Crippen LogP contribution in [0.4, 0.5) is 16.0 Å². The summed E-state index contributed by atoms with van der Waals surface area (Å²) in [5.41, 5.74) is 1.40. The zero-order valence-corrected chi connectivity index (χ0v) is 11.1. The minimum atomic E-state index is -0.235. The molecular weight excluding hydrogens is 241 g/mol. The molecule has 0 unspecified atom stereocenters. The van der Waals surface area contributed by atoms with Gasteiger partial charge in [-0.3, -0.25) is 0 Å². The van der Waals surface area contributed by atoms with E-state index in [4.69, 9.17) is 0 Å². The van der Waals surface area contributed by atoms with Crippen LogP contribution in [0.2, 0.25) is 0 Å². The Bertz CT molecular complexity index is 571. The number of anilines is 2. The van der Waals surface area contributed by atoms with Gasteiger partial charge in [0.2, 0.25) is 5.95 Å². The molecule has 3 nitrogen and oxygen atoms in total. The molecule has 1 saturated carbocycles. The van der Waals surface area contributed by atoms with Gasteiger partial charge in [-0.05, 0) is 37.5 Å². The molecule has 1 aliphatic carbocycles. The summed E-state index contributed by atoms with van der Waals surface area (Å²) in [6, 6.07) is 5.69. The lowest BCUT2D eigenvalue weighted by atomic mass is 10.2. The standard InChI is InChI=1S/C15H18FN3/c1-11-6-7-14(13(16)10-11)18-15-17-8-9-19(15)12-4-2-3-5-12/h6-10,12H,2-5H2,1H3,(H,17,18). The molecule has 0 spiro atoms. The average molecular weight is 259 g/mol. The minimum Gasteiger partial charge on any atom is -0.323 e. The first kappa shape index (κ1) is 12.2. The SMILES string of the molecule is Cc1ccc(Nc2nccn2C2CCCC2)c(F)c1. The molecule has 0 saturated heterocycles. The predicted molar refractivity (Wildman–Crippen MR) is 74.2 cm³/mol. The van der Waals surface area contributed by atoms with Crippen LogP contribution in [0.1, 0.15) is 37.3 Å². The first-order valence-electron chi connectivity index (χ1n) is 6.80. The fraction of sp³-hybridized carbons (Fsp3) is 0.400.